The van der Waals surface area contributed by atoms with Crippen LogP contribution in [0.4, 0.5) is 9.59 Å². The Morgan fingerprint density at radius 2 is 1.54 bits per heavy atom. The van der Waals surface area contributed by atoms with Crippen LogP contribution in [0.5, 0.6) is 0 Å². The molecule has 4 aromatic rings. The van der Waals surface area contributed by atoms with Gasteiger partial charge in [0, 0.05) is 49.4 Å². The van der Waals surface area contributed by atoms with E-state index in [2.05, 4.69) is 31.7 Å². The number of fused-ring (bicyclic) bond motifs is 2. The predicted octanol–water partition coefficient (Wildman–Crippen LogP) is 4.93. The molecule has 0 saturated carbocycles. The van der Waals surface area contributed by atoms with Crippen LogP contribution in [-0.4, -0.2) is 72.7 Å². The Labute approximate surface area is 302 Å². The average molecular weight is 717 g/mol. The number of unbranched alkanes of at least 4 members (excludes halogenated alkanes) is 1. The van der Waals surface area contributed by atoms with Crippen molar-refractivity contribution in [2.24, 2.45) is 5.92 Å². The molecule has 6 N–H and O–H groups in total. The van der Waals surface area contributed by atoms with Gasteiger partial charge in [0.2, 0.25) is 11.8 Å². The van der Waals surface area contributed by atoms with Crippen molar-refractivity contribution in [3.05, 3.63) is 90.1 Å². The topological polar surface area (TPSA) is 189 Å². The van der Waals surface area contributed by atoms with Gasteiger partial charge >= 0.3 is 12.1 Å². The van der Waals surface area contributed by atoms with Crippen LogP contribution in [0.25, 0.3) is 21.7 Å². The number of nitrogens with one attached hydrogen (secondary N) is 5. The maximum atomic E-state index is 14.1. The number of urea groups is 1. The zero-order chi connectivity index (χ0) is 37.3. The van der Waals surface area contributed by atoms with Gasteiger partial charge in [0.05, 0.1) is 11.6 Å². The third-order valence-electron chi connectivity index (χ3n) is 8.45. The molecule has 0 aliphatic heterocycles. The van der Waals surface area contributed by atoms with Crippen molar-refractivity contribution < 1.29 is 38.6 Å². The highest BCUT2D eigenvalue weighted by molar-refractivity contribution is 5.89. The van der Waals surface area contributed by atoms with Gasteiger partial charge in [-0.25, -0.2) is 15.1 Å². The molecule has 278 valence electrons. The maximum Gasteiger partial charge on any atom is 0.404 e. The van der Waals surface area contributed by atoms with Crippen LogP contribution in [0.2, 0.25) is 0 Å². The lowest BCUT2D eigenvalue weighted by Gasteiger charge is -2.33. The molecule has 3 atom stereocenters. The third-order valence-corrected chi connectivity index (χ3v) is 8.45. The number of amides is 5. The fraction of sp³-hybridized carbons (Fsp3) is 0.395. The number of rotatable bonds is 20. The van der Waals surface area contributed by atoms with Gasteiger partial charge in [-0.2, -0.15) is 0 Å². The molecule has 5 amide bonds. The number of hydrogen-bond donors (Lipinski definition) is 6. The van der Waals surface area contributed by atoms with Crippen LogP contribution in [0.3, 0.4) is 0 Å². The van der Waals surface area contributed by atoms with Gasteiger partial charge < -0.3 is 35.8 Å². The summed E-state index contributed by atoms with van der Waals surface area (Å²) in [6, 6.07) is 20.8. The molecule has 0 spiro atoms. The average Bonchev–Trinajstić information content (AvgIpc) is 3.14. The van der Waals surface area contributed by atoms with E-state index in [1.54, 1.807) is 6.20 Å². The van der Waals surface area contributed by atoms with Crippen molar-refractivity contribution in [2.45, 2.75) is 65.0 Å². The second-order valence-corrected chi connectivity index (χ2v) is 12.1. The lowest BCUT2D eigenvalue weighted by Crippen LogP contribution is -2.51. The SMILES string of the molecule is CCOC(OCC)[C@@H](C)C(NC(=O)[C@H](CCCCNC(=O)O)NC(=O)CONC(=O)NCc1cccc2ccccc12)c1cccc2cccnc12. The van der Waals surface area contributed by atoms with Gasteiger partial charge in [-0.3, -0.25) is 19.4 Å². The molecular formula is C38H48N6O8. The van der Waals surface area contributed by atoms with Gasteiger partial charge in [-0.1, -0.05) is 73.7 Å². The summed E-state index contributed by atoms with van der Waals surface area (Å²) in [5.74, 6) is -1.50. The second-order valence-electron chi connectivity index (χ2n) is 12.1. The number of hydroxylamine groups is 1. The summed E-state index contributed by atoms with van der Waals surface area (Å²) in [6.45, 7) is 6.29. The second kappa shape index (κ2) is 20.5. The molecule has 0 fully saturated rings. The fourth-order valence-electron chi connectivity index (χ4n) is 5.96. The van der Waals surface area contributed by atoms with Crippen LogP contribution < -0.4 is 26.7 Å². The number of carboxylic acid groups (broad SMARTS) is 1. The quantitative estimate of drug-likeness (QED) is 0.0418. The minimum absolute atomic E-state index is 0.185. The number of pyridine rings is 1. The monoisotopic (exact) mass is 716 g/mol. The van der Waals surface area contributed by atoms with Crippen LogP contribution >= 0.6 is 0 Å². The first kappa shape index (κ1) is 39.5. The number of hydrogen-bond acceptors (Lipinski definition) is 8. The van der Waals surface area contributed by atoms with Gasteiger partial charge in [-0.05, 0) is 55.5 Å². The van der Waals surface area contributed by atoms with E-state index in [-0.39, 0.29) is 25.4 Å². The molecule has 3 aromatic carbocycles. The molecule has 1 aromatic heterocycles. The first-order chi connectivity index (χ1) is 25.2. The summed E-state index contributed by atoms with van der Waals surface area (Å²) in [5.41, 5.74) is 4.59. The summed E-state index contributed by atoms with van der Waals surface area (Å²) >= 11 is 0. The van der Waals surface area contributed by atoms with Crippen molar-refractivity contribution >= 4 is 45.6 Å². The minimum Gasteiger partial charge on any atom is -0.465 e. The first-order valence-electron chi connectivity index (χ1n) is 17.5. The Hall–Kier alpha value is -5.31. The van der Waals surface area contributed by atoms with Crippen molar-refractivity contribution in [3.63, 3.8) is 0 Å². The molecule has 0 radical (unpaired) electrons. The summed E-state index contributed by atoms with van der Waals surface area (Å²) in [5, 5.41) is 22.7. The summed E-state index contributed by atoms with van der Waals surface area (Å²) in [4.78, 5) is 60.3. The molecule has 52 heavy (non-hydrogen) atoms. The molecule has 1 unspecified atom stereocenters. The minimum atomic E-state index is -1.15. The maximum absolute atomic E-state index is 14.1. The molecule has 0 saturated heterocycles. The summed E-state index contributed by atoms with van der Waals surface area (Å²) in [6.07, 6.45) is 0.944. The molecule has 1 heterocycles. The lowest BCUT2D eigenvalue weighted by molar-refractivity contribution is -0.170. The number of carbonyl (C=O) groups excluding carboxylic acids is 3. The molecule has 4 rings (SSSR count). The van der Waals surface area contributed by atoms with Gasteiger partial charge in [0.15, 0.2) is 12.9 Å². The number of carbonyl (C=O) groups is 4. The first-order valence-corrected chi connectivity index (χ1v) is 17.5. The highest BCUT2D eigenvalue weighted by atomic mass is 16.7. The fourth-order valence-corrected chi connectivity index (χ4v) is 5.96. The van der Waals surface area contributed by atoms with E-state index in [1.807, 2.05) is 93.6 Å². The number of nitrogens with zero attached hydrogens (tertiary/aromatic N) is 1. The van der Waals surface area contributed by atoms with E-state index in [1.165, 1.54) is 0 Å². The lowest BCUT2D eigenvalue weighted by atomic mass is 9.91. The number of ether oxygens (including phenoxy) is 2. The summed E-state index contributed by atoms with van der Waals surface area (Å²) in [7, 11) is 0. The van der Waals surface area contributed by atoms with E-state index in [0.717, 1.165) is 27.3 Å². The molecule has 0 aliphatic carbocycles. The van der Waals surface area contributed by atoms with Crippen molar-refractivity contribution in [2.75, 3.05) is 26.4 Å². The van der Waals surface area contributed by atoms with Gasteiger partial charge in [0.1, 0.15) is 6.04 Å². The van der Waals surface area contributed by atoms with Crippen LogP contribution in [0.1, 0.15) is 57.2 Å². The van der Waals surface area contributed by atoms with Gasteiger partial charge in [-0.15, -0.1) is 0 Å². The Balaban J connectivity index is 1.43. The highest BCUT2D eigenvalue weighted by Crippen LogP contribution is 2.31. The Morgan fingerprint density at radius 1 is 0.827 bits per heavy atom. The molecular weight excluding hydrogens is 668 g/mol. The smallest absolute Gasteiger partial charge is 0.404 e. The Morgan fingerprint density at radius 3 is 2.31 bits per heavy atom. The van der Waals surface area contributed by atoms with Gasteiger partial charge in [0.25, 0.3) is 0 Å². The molecule has 0 bridgehead atoms. The number of aromatic nitrogens is 1. The largest absolute Gasteiger partial charge is 0.465 e. The summed E-state index contributed by atoms with van der Waals surface area (Å²) < 4.78 is 11.9. The molecule has 0 aliphatic rings. The van der Waals surface area contributed by atoms with Crippen molar-refractivity contribution in [3.8, 4) is 0 Å². The van der Waals surface area contributed by atoms with Crippen LogP contribution in [-0.2, 0) is 30.4 Å². The van der Waals surface area contributed by atoms with E-state index >= 15 is 0 Å². The normalized spacial score (nSPS) is 12.9. The standard InChI is InChI=1S/C38H48N6O8/c1-4-50-36(51-5-2)25(3)33(30-19-11-15-27-17-12-22-39-34(27)30)43-35(46)31(20-8-9-21-40-38(48)49)42-32(45)24-52-44-37(47)41-23-28-16-10-14-26-13-6-7-18-29(26)28/h6-7,10-19,22,25,31,33,36,40H,4-5,8-9,20-21,23-24H2,1-3H3,(H,42,45)(H,43,46)(H,48,49)(H2,41,44,47)/t25-,31-,33?/m0/s1. The number of benzene rings is 3. The Kier molecular flexibility index (Phi) is 15.6. The Bertz CT molecular complexity index is 1770. The van der Waals surface area contributed by atoms with E-state index < -0.39 is 48.9 Å². The van der Waals surface area contributed by atoms with Crippen molar-refractivity contribution in [1.82, 2.24) is 31.7 Å². The number of para-hydroxylation sites is 1. The van der Waals surface area contributed by atoms with Crippen LogP contribution in [0, 0.1) is 5.92 Å². The van der Waals surface area contributed by atoms with E-state index in [0.29, 0.717) is 31.6 Å². The predicted molar refractivity (Wildman–Crippen MR) is 196 cm³/mol. The highest BCUT2D eigenvalue weighted by Gasteiger charge is 2.33. The third kappa shape index (κ3) is 11.6. The zero-order valence-electron chi connectivity index (χ0n) is 29.7. The van der Waals surface area contributed by atoms with Crippen molar-refractivity contribution in [1.29, 1.82) is 0 Å². The van der Waals surface area contributed by atoms with Crippen LogP contribution in [0.15, 0.2) is 79.0 Å². The van der Waals surface area contributed by atoms with E-state index in [9.17, 15) is 19.2 Å². The molecule has 14 nitrogen and oxygen atoms in total. The zero-order valence-corrected chi connectivity index (χ0v) is 29.7. The molecule has 14 heteroatoms. The van der Waals surface area contributed by atoms with E-state index in [4.69, 9.17) is 19.4 Å².